The normalized spacial score (nSPS) is 11.0. The van der Waals surface area contributed by atoms with Crippen molar-refractivity contribution in [1.82, 2.24) is 0 Å². The zero-order valence-electron chi connectivity index (χ0n) is 14.5. The summed E-state index contributed by atoms with van der Waals surface area (Å²) in [7, 11) is -3.60. The number of nitrogens with one attached hydrogen (secondary N) is 1. The number of hydrogen-bond donors (Lipinski definition) is 2. The molecule has 2 rings (SSSR count). The topological polar surface area (TPSA) is 104 Å². The van der Waals surface area contributed by atoms with Gasteiger partial charge in [-0.15, -0.1) is 0 Å². The van der Waals surface area contributed by atoms with Crippen molar-refractivity contribution in [2.24, 2.45) is 0 Å². The van der Waals surface area contributed by atoms with Gasteiger partial charge in [0, 0.05) is 17.8 Å². The third-order valence-electron chi connectivity index (χ3n) is 3.71. The van der Waals surface area contributed by atoms with Crippen molar-refractivity contribution < 1.29 is 23.1 Å². The number of benzene rings is 2. The Kier molecular flexibility index (Phi) is 5.99. The minimum atomic E-state index is -3.60. The fourth-order valence-corrected chi connectivity index (χ4v) is 3.01. The number of carbonyl (C=O) groups excluding carboxylic acids is 1. The Morgan fingerprint density at radius 1 is 1.04 bits per heavy atom. The van der Waals surface area contributed by atoms with Gasteiger partial charge in [0.05, 0.1) is 17.0 Å². The molecular weight excluding hydrogens is 356 g/mol. The number of para-hydroxylation sites is 1. The molecule has 0 spiro atoms. The summed E-state index contributed by atoms with van der Waals surface area (Å²) in [5, 5.41) is 9.28. The summed E-state index contributed by atoms with van der Waals surface area (Å²) in [4.78, 5) is 25.7. The highest BCUT2D eigenvalue weighted by Gasteiger charge is 2.20. The van der Waals surface area contributed by atoms with E-state index in [4.69, 9.17) is 0 Å². The van der Waals surface area contributed by atoms with E-state index in [2.05, 4.69) is 4.72 Å². The summed E-state index contributed by atoms with van der Waals surface area (Å²) in [5.74, 6) is -1.84. The van der Waals surface area contributed by atoms with Crippen LogP contribution in [0.5, 0.6) is 0 Å². The number of nitrogens with zero attached hydrogens (tertiary/aromatic N) is 1. The summed E-state index contributed by atoms with van der Waals surface area (Å²) in [6.45, 7) is 3.63. The quantitative estimate of drug-likeness (QED) is 0.773. The largest absolute Gasteiger partial charge is 0.478 e. The van der Waals surface area contributed by atoms with Crippen molar-refractivity contribution in [3.05, 3.63) is 59.7 Å². The van der Waals surface area contributed by atoms with Gasteiger partial charge >= 0.3 is 5.97 Å². The summed E-state index contributed by atoms with van der Waals surface area (Å²) in [5.41, 5.74) is 0.619. The van der Waals surface area contributed by atoms with Gasteiger partial charge in [0.1, 0.15) is 0 Å². The molecule has 138 valence electrons. The Morgan fingerprint density at radius 2 is 1.65 bits per heavy atom. The fraction of sp³-hybridized carbons (Fsp3) is 0.222. The van der Waals surface area contributed by atoms with E-state index >= 15 is 0 Å². The number of carboxylic acids is 1. The first kappa shape index (κ1) is 19.5. The molecule has 0 saturated heterocycles. The molecule has 2 N–H and O–H groups in total. The molecule has 0 fully saturated rings. The Hall–Kier alpha value is -2.87. The number of carbonyl (C=O) groups is 2. The first-order valence-corrected chi connectivity index (χ1v) is 9.68. The van der Waals surface area contributed by atoms with Gasteiger partial charge in [0.2, 0.25) is 10.0 Å². The molecule has 2 aromatic rings. The molecule has 0 heterocycles. The molecular formula is C18H20N2O5S. The van der Waals surface area contributed by atoms with Crippen LogP contribution >= 0.6 is 0 Å². The van der Waals surface area contributed by atoms with Crippen molar-refractivity contribution in [3.8, 4) is 0 Å². The van der Waals surface area contributed by atoms with E-state index < -0.39 is 21.9 Å². The van der Waals surface area contributed by atoms with E-state index in [1.54, 1.807) is 31.2 Å². The van der Waals surface area contributed by atoms with Gasteiger partial charge in [0.25, 0.3) is 5.91 Å². The predicted octanol–water partition coefficient (Wildman–Crippen LogP) is 2.81. The van der Waals surface area contributed by atoms with Crippen LogP contribution in [0.1, 0.15) is 34.6 Å². The molecule has 0 aliphatic carbocycles. The van der Waals surface area contributed by atoms with Crippen LogP contribution < -0.4 is 9.62 Å². The summed E-state index contributed by atoms with van der Waals surface area (Å²) in [6.07, 6.45) is 0. The van der Waals surface area contributed by atoms with E-state index in [-0.39, 0.29) is 22.6 Å². The number of carboxylic acid groups (broad SMARTS) is 1. The zero-order chi connectivity index (χ0) is 19.3. The van der Waals surface area contributed by atoms with E-state index in [1.165, 1.54) is 30.0 Å². The Bertz CT molecular complexity index is 910. The lowest BCUT2D eigenvalue weighted by Gasteiger charge is -2.21. The zero-order valence-corrected chi connectivity index (χ0v) is 15.3. The number of rotatable bonds is 7. The standard InChI is InChI=1S/C18H20N2O5S/c1-3-20(16-8-6-5-7-9-16)17(21)13-10-14(18(22)23)12-15(11-13)19-26(24,25)4-2/h5-12,19H,3-4H2,1-2H3,(H,22,23). The molecule has 0 aliphatic rings. The lowest BCUT2D eigenvalue weighted by atomic mass is 10.1. The fourth-order valence-electron chi connectivity index (χ4n) is 2.39. The molecule has 0 radical (unpaired) electrons. The lowest BCUT2D eigenvalue weighted by molar-refractivity contribution is 0.0697. The molecule has 0 aromatic heterocycles. The second-order valence-corrected chi connectivity index (χ2v) is 7.51. The SMILES string of the molecule is CCN(C(=O)c1cc(NS(=O)(=O)CC)cc(C(=O)O)c1)c1ccccc1. The Balaban J connectivity index is 2.48. The number of anilines is 2. The van der Waals surface area contributed by atoms with Crippen LogP contribution in [0.3, 0.4) is 0 Å². The van der Waals surface area contributed by atoms with Gasteiger partial charge in [-0.05, 0) is 44.2 Å². The van der Waals surface area contributed by atoms with E-state index in [0.717, 1.165) is 0 Å². The second-order valence-electron chi connectivity index (χ2n) is 5.49. The summed E-state index contributed by atoms with van der Waals surface area (Å²) >= 11 is 0. The van der Waals surface area contributed by atoms with Crippen molar-refractivity contribution in [2.75, 3.05) is 21.9 Å². The maximum atomic E-state index is 12.9. The lowest BCUT2D eigenvalue weighted by Crippen LogP contribution is -2.31. The Morgan fingerprint density at radius 3 is 2.19 bits per heavy atom. The highest BCUT2D eigenvalue weighted by molar-refractivity contribution is 7.92. The van der Waals surface area contributed by atoms with Crippen LogP contribution in [0, 0.1) is 0 Å². The van der Waals surface area contributed by atoms with Crippen LogP contribution in [0.15, 0.2) is 48.5 Å². The number of sulfonamides is 1. The van der Waals surface area contributed by atoms with Crippen molar-refractivity contribution >= 4 is 33.3 Å². The molecule has 1 amide bonds. The molecule has 0 bridgehead atoms. The highest BCUT2D eigenvalue weighted by atomic mass is 32.2. The van der Waals surface area contributed by atoms with Crippen LogP contribution in [0.25, 0.3) is 0 Å². The minimum absolute atomic E-state index is 0.0409. The van der Waals surface area contributed by atoms with Crippen LogP contribution in [0.4, 0.5) is 11.4 Å². The molecule has 26 heavy (non-hydrogen) atoms. The van der Waals surface area contributed by atoms with E-state index in [1.807, 2.05) is 6.07 Å². The van der Waals surface area contributed by atoms with Gasteiger partial charge in [-0.2, -0.15) is 0 Å². The van der Waals surface area contributed by atoms with Crippen molar-refractivity contribution in [2.45, 2.75) is 13.8 Å². The molecule has 7 nitrogen and oxygen atoms in total. The highest BCUT2D eigenvalue weighted by Crippen LogP contribution is 2.21. The summed E-state index contributed by atoms with van der Waals surface area (Å²) in [6, 6.07) is 12.7. The third kappa shape index (κ3) is 4.60. The molecule has 0 unspecified atom stereocenters. The maximum Gasteiger partial charge on any atom is 0.335 e. The van der Waals surface area contributed by atoms with Gasteiger partial charge in [-0.25, -0.2) is 13.2 Å². The number of amides is 1. The van der Waals surface area contributed by atoms with Crippen molar-refractivity contribution in [1.29, 1.82) is 0 Å². The van der Waals surface area contributed by atoms with Crippen molar-refractivity contribution in [3.63, 3.8) is 0 Å². The average Bonchev–Trinajstić information content (AvgIpc) is 2.62. The van der Waals surface area contributed by atoms with Gasteiger partial charge in [-0.3, -0.25) is 9.52 Å². The first-order valence-electron chi connectivity index (χ1n) is 8.03. The van der Waals surface area contributed by atoms with Gasteiger partial charge < -0.3 is 10.0 Å². The molecule has 0 atom stereocenters. The van der Waals surface area contributed by atoms with Crippen LogP contribution in [-0.2, 0) is 10.0 Å². The van der Waals surface area contributed by atoms with Crippen LogP contribution in [-0.4, -0.2) is 37.7 Å². The first-order chi connectivity index (χ1) is 12.3. The molecule has 0 saturated carbocycles. The van der Waals surface area contributed by atoms with Gasteiger partial charge in [0.15, 0.2) is 0 Å². The van der Waals surface area contributed by atoms with Crippen LogP contribution in [0.2, 0.25) is 0 Å². The van der Waals surface area contributed by atoms with E-state index in [0.29, 0.717) is 12.2 Å². The Labute approximate surface area is 152 Å². The smallest absolute Gasteiger partial charge is 0.335 e. The molecule has 0 aliphatic heterocycles. The summed E-state index contributed by atoms with van der Waals surface area (Å²) < 4.78 is 25.9. The predicted molar refractivity (Wildman–Crippen MR) is 100 cm³/mol. The maximum absolute atomic E-state index is 12.9. The average molecular weight is 376 g/mol. The third-order valence-corrected chi connectivity index (χ3v) is 5.02. The molecule has 8 heteroatoms. The second kappa shape index (κ2) is 8.01. The monoisotopic (exact) mass is 376 g/mol. The minimum Gasteiger partial charge on any atom is -0.478 e. The molecule has 2 aromatic carbocycles. The van der Waals surface area contributed by atoms with Gasteiger partial charge in [-0.1, -0.05) is 18.2 Å². The number of aromatic carboxylic acids is 1. The number of hydrogen-bond acceptors (Lipinski definition) is 4. The van der Waals surface area contributed by atoms with E-state index in [9.17, 15) is 23.1 Å².